The van der Waals surface area contributed by atoms with Crippen molar-refractivity contribution in [2.45, 2.75) is 80.8 Å². The van der Waals surface area contributed by atoms with Crippen molar-refractivity contribution in [2.24, 2.45) is 5.92 Å². The molecular weight excluding hydrogens is 805 g/mol. The number of nitrogens with two attached hydrogens (primary N) is 1. The molecule has 0 bridgehead atoms. The van der Waals surface area contributed by atoms with Crippen LogP contribution < -0.4 is 25.4 Å². The molecule has 4 aromatic rings. The minimum atomic E-state index is -3.57. The highest BCUT2D eigenvalue weighted by Crippen LogP contribution is 2.52. The fraction of sp³-hybridized carbons (Fsp3) is 0.526. The van der Waals surface area contributed by atoms with E-state index < -0.39 is 45.5 Å². The molecule has 4 unspecified atom stereocenters. The molecular formula is C38H38ClF3N8O5S2. The maximum Gasteiger partial charge on any atom is 0.319 e. The van der Waals surface area contributed by atoms with Gasteiger partial charge < -0.3 is 25.4 Å². The minimum Gasteiger partial charge on any atom is -0.489 e. The number of thiophene rings is 1. The number of ether oxygens (including phenoxy) is 2. The molecule has 0 radical (unpaired) electrons. The predicted molar refractivity (Wildman–Crippen MR) is 208 cm³/mol. The largest absolute Gasteiger partial charge is 0.489 e. The first-order valence-electron chi connectivity index (χ1n) is 19.1. The molecule has 19 heteroatoms. The lowest BCUT2D eigenvalue weighted by Gasteiger charge is -2.39. The highest BCUT2D eigenvalue weighted by atomic mass is 35.5. The number of hydrogen-bond donors (Lipinski definition) is 2. The van der Waals surface area contributed by atoms with Gasteiger partial charge in [0.15, 0.2) is 11.6 Å². The van der Waals surface area contributed by atoms with Gasteiger partial charge in [-0.05, 0) is 62.6 Å². The number of aromatic nitrogens is 2. The number of anilines is 2. The number of nitrogen functional groups attached to an aromatic ring is 1. The molecule has 4 saturated heterocycles. The van der Waals surface area contributed by atoms with Gasteiger partial charge in [-0.25, -0.2) is 21.6 Å². The van der Waals surface area contributed by atoms with Crippen LogP contribution in [-0.4, -0.2) is 108 Å². The molecule has 57 heavy (non-hydrogen) atoms. The third kappa shape index (κ3) is 5.89. The van der Waals surface area contributed by atoms with Gasteiger partial charge in [-0.2, -0.15) is 19.5 Å². The maximum atomic E-state index is 17.5. The van der Waals surface area contributed by atoms with E-state index in [9.17, 15) is 22.9 Å². The fourth-order valence-electron chi connectivity index (χ4n) is 9.91. The number of nitriles is 1. The molecule has 5 fully saturated rings. The van der Waals surface area contributed by atoms with Gasteiger partial charge in [0.1, 0.15) is 53.6 Å². The van der Waals surface area contributed by atoms with Crippen molar-refractivity contribution in [2.75, 3.05) is 49.7 Å². The van der Waals surface area contributed by atoms with E-state index in [2.05, 4.69) is 15.2 Å². The zero-order valence-corrected chi connectivity index (χ0v) is 33.1. The number of nitrogens with zero attached hydrogens (tertiary/aromatic N) is 6. The second-order valence-electron chi connectivity index (χ2n) is 16.3. The number of nitrogens with one attached hydrogen (secondary N) is 1. The Morgan fingerprint density at radius 2 is 2.02 bits per heavy atom. The third-order valence-electron chi connectivity index (χ3n) is 12.7. The number of halogens is 4. The van der Waals surface area contributed by atoms with Crippen molar-refractivity contribution in [1.29, 1.82) is 5.26 Å². The molecule has 5 aliphatic heterocycles. The van der Waals surface area contributed by atoms with Crippen molar-refractivity contribution in [3.63, 3.8) is 0 Å². The van der Waals surface area contributed by atoms with Crippen LogP contribution in [0.3, 0.4) is 0 Å². The van der Waals surface area contributed by atoms with E-state index in [1.807, 2.05) is 11.0 Å². The molecule has 10 rings (SSSR count). The van der Waals surface area contributed by atoms with Crippen LogP contribution in [0.1, 0.15) is 50.5 Å². The van der Waals surface area contributed by atoms with E-state index in [1.165, 1.54) is 10.4 Å². The average molecular weight is 843 g/mol. The molecule has 13 nitrogen and oxygen atoms in total. The highest BCUT2D eigenvalue weighted by Gasteiger charge is 2.63. The lowest BCUT2D eigenvalue weighted by Crippen LogP contribution is -2.54. The first kappa shape index (κ1) is 37.1. The number of hydrogen-bond acceptors (Lipinski definition) is 12. The van der Waals surface area contributed by atoms with Gasteiger partial charge in [-0.1, -0.05) is 17.7 Å². The van der Waals surface area contributed by atoms with E-state index >= 15 is 8.78 Å². The zero-order valence-electron chi connectivity index (χ0n) is 30.7. The van der Waals surface area contributed by atoms with Crippen LogP contribution in [0.5, 0.6) is 11.8 Å². The summed E-state index contributed by atoms with van der Waals surface area (Å²) in [5.41, 5.74) is 5.33. The van der Waals surface area contributed by atoms with Crippen LogP contribution in [0.4, 0.5) is 24.0 Å². The Kier molecular flexibility index (Phi) is 8.59. The monoisotopic (exact) mass is 842 g/mol. The Hall–Kier alpha value is -4.15. The molecule has 6 aliphatic rings. The van der Waals surface area contributed by atoms with Crippen molar-refractivity contribution < 1.29 is 35.9 Å². The average Bonchev–Trinajstić information content (AvgIpc) is 4.06. The number of rotatable bonds is 8. The number of carbonyl (C=O) groups excluding carboxylic acids is 1. The topological polar surface area (TPSA) is 167 Å². The van der Waals surface area contributed by atoms with Gasteiger partial charge in [-0.15, -0.1) is 11.3 Å². The number of carbonyl (C=O) groups is 1. The van der Waals surface area contributed by atoms with E-state index in [4.69, 9.17) is 31.8 Å². The third-order valence-corrected chi connectivity index (χ3v) is 15.3. The molecule has 7 atom stereocenters. The van der Waals surface area contributed by atoms with Gasteiger partial charge in [-0.3, -0.25) is 9.69 Å². The second-order valence-corrected chi connectivity index (χ2v) is 19.6. The standard InChI is InChI=1S/C38H38ClF3N8O5S2/c1-57(52,53)50-30(17-3-4-17)31(50)36(51)45-19-5-6-20-15-54-32-26-29(28(42)25(27(32)39)21-7-8-23(41)33-24(21)22(12-43)34(44)56-33)46-37(47-35(26)49(20)14-19)55-16-38-9-2-10-48(38)13-18(40)11-38/h7-8,17-20,30-31H,2-6,9-11,13-16,44H2,1H3,(H,45,51)/t18-,19?,20?,30?,31-,38+,50?/m1/s1. The van der Waals surface area contributed by atoms with Gasteiger partial charge in [0, 0.05) is 36.5 Å². The van der Waals surface area contributed by atoms with Gasteiger partial charge in [0.05, 0.1) is 44.6 Å². The normalized spacial score (nSPS) is 29.4. The number of alkyl halides is 1. The molecule has 2 aromatic carbocycles. The van der Waals surface area contributed by atoms with Crippen LogP contribution in [0.25, 0.3) is 32.1 Å². The van der Waals surface area contributed by atoms with E-state index in [0.29, 0.717) is 25.8 Å². The summed E-state index contributed by atoms with van der Waals surface area (Å²) >= 11 is 7.99. The molecule has 3 N–H and O–H groups in total. The molecule has 1 saturated carbocycles. The lowest BCUT2D eigenvalue weighted by atomic mass is 9.95. The summed E-state index contributed by atoms with van der Waals surface area (Å²) in [6, 6.07) is 2.56. The van der Waals surface area contributed by atoms with Crippen LogP contribution in [0.2, 0.25) is 5.02 Å². The summed E-state index contributed by atoms with van der Waals surface area (Å²) in [5.74, 6) is -1.35. The Bertz CT molecular complexity index is 2550. The van der Waals surface area contributed by atoms with Gasteiger partial charge >= 0.3 is 6.01 Å². The molecule has 0 spiro atoms. The van der Waals surface area contributed by atoms with E-state index in [-0.39, 0.29) is 109 Å². The highest BCUT2D eigenvalue weighted by molar-refractivity contribution is 7.88. The van der Waals surface area contributed by atoms with Crippen molar-refractivity contribution in [1.82, 2.24) is 24.5 Å². The smallest absolute Gasteiger partial charge is 0.319 e. The molecule has 1 aliphatic carbocycles. The van der Waals surface area contributed by atoms with Crippen molar-refractivity contribution in [3.8, 4) is 29.0 Å². The molecule has 300 valence electrons. The number of amides is 1. The SMILES string of the molecule is CS(=O)(=O)N1C(C2CC2)[C@@H]1C(=O)NC1CCC2COc3c(Cl)c(-c4ccc(F)c5sc(N)c(C#N)c45)c(F)c4nc(OC[C@@]56CCCN5C[C@H](F)C6)nc(c34)N2C1. The first-order chi connectivity index (χ1) is 27.3. The summed E-state index contributed by atoms with van der Waals surface area (Å²) in [6.07, 6.45) is 4.85. The predicted octanol–water partition coefficient (Wildman–Crippen LogP) is 5.12. The van der Waals surface area contributed by atoms with Crippen LogP contribution in [0, 0.1) is 28.9 Å². The molecule has 2 aromatic heterocycles. The van der Waals surface area contributed by atoms with Crippen molar-refractivity contribution >= 4 is 70.7 Å². The van der Waals surface area contributed by atoms with Gasteiger partial charge in [0.2, 0.25) is 15.9 Å². The number of piperidine rings is 1. The quantitative estimate of drug-likeness (QED) is 0.226. The van der Waals surface area contributed by atoms with Crippen molar-refractivity contribution in [3.05, 3.63) is 34.4 Å². The number of sulfonamides is 1. The Morgan fingerprint density at radius 1 is 1.21 bits per heavy atom. The first-order valence-corrected chi connectivity index (χ1v) is 22.2. The summed E-state index contributed by atoms with van der Waals surface area (Å²) in [4.78, 5) is 27.1. The Morgan fingerprint density at radius 3 is 2.77 bits per heavy atom. The minimum absolute atomic E-state index is 0.0121. The lowest BCUT2D eigenvalue weighted by molar-refractivity contribution is -0.121. The number of benzene rings is 2. The fourth-order valence-corrected chi connectivity index (χ4v) is 12.5. The summed E-state index contributed by atoms with van der Waals surface area (Å²) in [7, 11) is -3.57. The zero-order chi connectivity index (χ0) is 39.7. The van der Waals surface area contributed by atoms with E-state index in [0.717, 1.165) is 55.9 Å². The number of fused-ring (bicyclic) bond motifs is 4. The van der Waals surface area contributed by atoms with Crippen LogP contribution in [-0.2, 0) is 14.8 Å². The van der Waals surface area contributed by atoms with E-state index in [1.54, 1.807) is 0 Å². The molecule has 1 amide bonds. The summed E-state index contributed by atoms with van der Waals surface area (Å²) < 4.78 is 86.4. The maximum absolute atomic E-state index is 17.5. The Labute approximate surface area is 334 Å². The Balaban J connectivity index is 1.08. The summed E-state index contributed by atoms with van der Waals surface area (Å²) in [5, 5.41) is 13.3. The molecule has 7 heterocycles. The van der Waals surface area contributed by atoms with Gasteiger partial charge in [0.25, 0.3) is 0 Å². The van der Waals surface area contributed by atoms with Crippen LogP contribution >= 0.6 is 22.9 Å². The van der Waals surface area contributed by atoms with Crippen LogP contribution in [0.15, 0.2) is 12.1 Å². The summed E-state index contributed by atoms with van der Waals surface area (Å²) in [6.45, 7) is 1.45. The second kappa shape index (κ2) is 13.2.